The first-order valence-corrected chi connectivity index (χ1v) is 9.70. The van der Waals surface area contributed by atoms with Crippen molar-refractivity contribution in [1.82, 2.24) is 19.2 Å². The van der Waals surface area contributed by atoms with Gasteiger partial charge in [-0.3, -0.25) is 4.79 Å². The number of carbonyl (C=O) groups excluding carboxylic acids is 1. The van der Waals surface area contributed by atoms with Gasteiger partial charge in [0.25, 0.3) is 10.0 Å². The first-order chi connectivity index (χ1) is 12.0. The van der Waals surface area contributed by atoms with Crippen LogP contribution in [0.25, 0.3) is 0 Å². The topological polar surface area (TPSA) is 86.4 Å². The Morgan fingerprint density at radius 2 is 2.12 bits per heavy atom. The second-order valence-corrected chi connectivity index (χ2v) is 8.20. The summed E-state index contributed by atoms with van der Waals surface area (Å²) in [5.41, 5.74) is 1.05. The van der Waals surface area contributed by atoms with E-state index in [9.17, 15) is 13.2 Å². The van der Waals surface area contributed by atoms with E-state index in [0.717, 1.165) is 5.56 Å². The Kier molecular flexibility index (Phi) is 5.19. The van der Waals surface area contributed by atoms with Crippen LogP contribution in [0.2, 0.25) is 0 Å². The molecule has 1 aliphatic heterocycles. The van der Waals surface area contributed by atoms with Crippen molar-refractivity contribution in [3.05, 3.63) is 48.4 Å². The van der Waals surface area contributed by atoms with E-state index in [0.29, 0.717) is 25.9 Å². The summed E-state index contributed by atoms with van der Waals surface area (Å²) in [5.74, 6) is -0.339. The van der Waals surface area contributed by atoms with Gasteiger partial charge in [-0.15, -0.1) is 0 Å². The van der Waals surface area contributed by atoms with Gasteiger partial charge < -0.3 is 9.88 Å². The number of nitrogens with one attached hydrogen (secondary N) is 1. The highest BCUT2D eigenvalue weighted by Gasteiger charge is 2.35. The SMILES string of the molecule is CN(Cc1ccccc1)C(=O)C1CCCN(S(=O)(=O)c2cnc[nH]2)C1. The minimum absolute atomic E-state index is 0.0200. The number of amides is 1. The van der Waals surface area contributed by atoms with Gasteiger partial charge in [-0.1, -0.05) is 30.3 Å². The van der Waals surface area contributed by atoms with Crippen molar-refractivity contribution in [2.24, 2.45) is 5.92 Å². The van der Waals surface area contributed by atoms with E-state index in [1.165, 1.54) is 16.8 Å². The summed E-state index contributed by atoms with van der Waals surface area (Å²) in [6.07, 6.45) is 4.01. The molecule has 8 heteroatoms. The molecule has 2 aromatic rings. The van der Waals surface area contributed by atoms with Crippen molar-refractivity contribution in [3.63, 3.8) is 0 Å². The molecule has 1 aromatic carbocycles. The van der Waals surface area contributed by atoms with Gasteiger partial charge in [0.2, 0.25) is 5.91 Å². The molecule has 1 amide bonds. The normalized spacial score (nSPS) is 18.8. The van der Waals surface area contributed by atoms with Gasteiger partial charge in [0, 0.05) is 26.7 Å². The summed E-state index contributed by atoms with van der Waals surface area (Å²) in [6, 6.07) is 9.75. The van der Waals surface area contributed by atoms with Crippen molar-refractivity contribution in [2.75, 3.05) is 20.1 Å². The van der Waals surface area contributed by atoms with Gasteiger partial charge >= 0.3 is 0 Å². The van der Waals surface area contributed by atoms with Crippen LogP contribution in [0, 0.1) is 5.92 Å². The minimum atomic E-state index is -3.63. The van der Waals surface area contributed by atoms with E-state index >= 15 is 0 Å². The van der Waals surface area contributed by atoms with Crippen molar-refractivity contribution >= 4 is 15.9 Å². The molecule has 1 N–H and O–H groups in total. The third kappa shape index (κ3) is 3.91. The van der Waals surface area contributed by atoms with E-state index in [1.54, 1.807) is 11.9 Å². The van der Waals surface area contributed by atoms with Crippen LogP contribution in [0.1, 0.15) is 18.4 Å². The fraction of sp³-hybridized carbons (Fsp3) is 0.412. The fourth-order valence-corrected chi connectivity index (χ4v) is 4.55. The second kappa shape index (κ2) is 7.37. The number of sulfonamides is 1. The Bertz CT molecular complexity index is 806. The number of aromatic nitrogens is 2. The van der Waals surface area contributed by atoms with E-state index in [2.05, 4.69) is 9.97 Å². The van der Waals surface area contributed by atoms with Gasteiger partial charge in [-0.05, 0) is 18.4 Å². The average Bonchev–Trinajstić information content (AvgIpc) is 3.17. The van der Waals surface area contributed by atoms with Gasteiger partial charge in [0.05, 0.1) is 18.4 Å². The van der Waals surface area contributed by atoms with Crippen LogP contribution >= 0.6 is 0 Å². The molecule has 0 saturated carbocycles. The molecular weight excluding hydrogens is 340 g/mol. The molecule has 7 nitrogen and oxygen atoms in total. The Hall–Kier alpha value is -2.19. The van der Waals surface area contributed by atoms with Crippen LogP contribution in [0.4, 0.5) is 0 Å². The molecule has 25 heavy (non-hydrogen) atoms. The minimum Gasteiger partial charge on any atom is -0.341 e. The fourth-order valence-electron chi connectivity index (χ4n) is 3.13. The molecule has 0 radical (unpaired) electrons. The zero-order valence-corrected chi connectivity index (χ0v) is 14.9. The Balaban J connectivity index is 1.67. The van der Waals surface area contributed by atoms with Crippen LogP contribution in [-0.4, -0.2) is 53.6 Å². The predicted molar refractivity (Wildman–Crippen MR) is 93.0 cm³/mol. The van der Waals surface area contributed by atoms with Crippen molar-refractivity contribution in [1.29, 1.82) is 0 Å². The summed E-state index contributed by atoms with van der Waals surface area (Å²) >= 11 is 0. The smallest absolute Gasteiger partial charge is 0.260 e. The molecule has 1 saturated heterocycles. The number of nitrogens with zero attached hydrogens (tertiary/aromatic N) is 3. The van der Waals surface area contributed by atoms with Gasteiger partial charge in [0.1, 0.15) is 0 Å². The molecule has 3 rings (SSSR count). The number of H-pyrrole nitrogens is 1. The molecule has 0 aliphatic carbocycles. The monoisotopic (exact) mass is 362 g/mol. The molecule has 2 heterocycles. The van der Waals surface area contributed by atoms with Crippen LogP contribution in [0.5, 0.6) is 0 Å². The Morgan fingerprint density at radius 1 is 1.36 bits per heavy atom. The molecule has 1 atom stereocenters. The van der Waals surface area contributed by atoms with E-state index in [4.69, 9.17) is 0 Å². The molecule has 0 spiro atoms. The van der Waals surface area contributed by atoms with Crippen molar-refractivity contribution in [3.8, 4) is 0 Å². The van der Waals surface area contributed by atoms with Crippen LogP contribution in [0.3, 0.4) is 0 Å². The summed E-state index contributed by atoms with van der Waals surface area (Å²) in [6.45, 7) is 1.15. The summed E-state index contributed by atoms with van der Waals surface area (Å²) < 4.78 is 26.6. The maximum atomic E-state index is 12.7. The number of rotatable bonds is 5. The van der Waals surface area contributed by atoms with E-state index in [-0.39, 0.29) is 23.4 Å². The molecule has 1 unspecified atom stereocenters. The lowest BCUT2D eigenvalue weighted by Crippen LogP contribution is -2.45. The quantitative estimate of drug-likeness (QED) is 0.873. The number of benzene rings is 1. The zero-order valence-electron chi connectivity index (χ0n) is 14.1. The summed E-state index contributed by atoms with van der Waals surface area (Å²) in [7, 11) is -1.86. The number of aromatic amines is 1. The van der Waals surface area contributed by atoms with Crippen molar-refractivity contribution in [2.45, 2.75) is 24.4 Å². The molecule has 0 bridgehead atoms. The Labute approximate surface area is 147 Å². The molecule has 134 valence electrons. The van der Waals surface area contributed by atoms with E-state index < -0.39 is 10.0 Å². The third-order valence-electron chi connectivity index (χ3n) is 4.46. The number of hydrogen-bond acceptors (Lipinski definition) is 4. The van der Waals surface area contributed by atoms with Gasteiger partial charge in [0.15, 0.2) is 5.03 Å². The first kappa shape index (κ1) is 17.6. The first-order valence-electron chi connectivity index (χ1n) is 8.26. The second-order valence-electron chi connectivity index (χ2n) is 6.30. The summed E-state index contributed by atoms with van der Waals surface area (Å²) in [5, 5.41) is 0.0678. The van der Waals surface area contributed by atoms with Crippen LogP contribution < -0.4 is 0 Å². The highest BCUT2D eigenvalue weighted by atomic mass is 32.2. The molecular formula is C17H22N4O3S. The standard InChI is InChI=1S/C17H22N4O3S/c1-20(11-14-6-3-2-4-7-14)17(22)15-8-5-9-21(12-15)25(23,24)16-10-18-13-19-16/h2-4,6-7,10,13,15H,5,8-9,11-12H2,1H3,(H,18,19). The van der Waals surface area contributed by atoms with E-state index in [1.807, 2.05) is 30.3 Å². The van der Waals surface area contributed by atoms with Crippen LogP contribution in [-0.2, 0) is 21.4 Å². The third-order valence-corrected chi connectivity index (χ3v) is 6.25. The highest BCUT2D eigenvalue weighted by molar-refractivity contribution is 7.89. The Morgan fingerprint density at radius 3 is 2.80 bits per heavy atom. The number of hydrogen-bond donors (Lipinski definition) is 1. The maximum absolute atomic E-state index is 12.7. The molecule has 1 aliphatic rings. The lowest BCUT2D eigenvalue weighted by atomic mass is 9.98. The lowest BCUT2D eigenvalue weighted by molar-refractivity contribution is -0.135. The maximum Gasteiger partial charge on any atom is 0.260 e. The average molecular weight is 362 g/mol. The summed E-state index contributed by atoms with van der Waals surface area (Å²) in [4.78, 5) is 20.8. The zero-order chi connectivity index (χ0) is 17.9. The van der Waals surface area contributed by atoms with Crippen molar-refractivity contribution < 1.29 is 13.2 Å². The largest absolute Gasteiger partial charge is 0.341 e. The number of piperidine rings is 1. The number of imidazole rings is 1. The van der Waals surface area contributed by atoms with Gasteiger partial charge in [-0.25, -0.2) is 13.4 Å². The molecule has 1 fully saturated rings. The highest BCUT2D eigenvalue weighted by Crippen LogP contribution is 2.24. The predicted octanol–water partition coefficient (Wildman–Crippen LogP) is 1.47. The van der Waals surface area contributed by atoms with Crippen LogP contribution in [0.15, 0.2) is 47.9 Å². The molecule has 1 aromatic heterocycles. The number of carbonyl (C=O) groups is 1. The van der Waals surface area contributed by atoms with Gasteiger partial charge in [-0.2, -0.15) is 4.31 Å². The lowest BCUT2D eigenvalue weighted by Gasteiger charge is -2.32.